The lowest BCUT2D eigenvalue weighted by molar-refractivity contribution is 0.0933. The number of nitrogens with one attached hydrogen (secondary N) is 3. The fourth-order valence-corrected chi connectivity index (χ4v) is 3.63. The lowest BCUT2D eigenvalue weighted by Crippen LogP contribution is -2.38. The number of benzene rings is 1. The summed E-state index contributed by atoms with van der Waals surface area (Å²) in [4.78, 5) is 20.2. The highest BCUT2D eigenvalue weighted by Gasteiger charge is 2.24. The Kier molecular flexibility index (Phi) is 4.09. The number of anilines is 1. The number of amides is 1. The van der Waals surface area contributed by atoms with Crippen LogP contribution in [0.15, 0.2) is 36.5 Å². The molecule has 0 radical (unpaired) electrons. The minimum absolute atomic E-state index is 0.0820. The van der Waals surface area contributed by atoms with Gasteiger partial charge >= 0.3 is 0 Å². The van der Waals surface area contributed by atoms with Crippen LogP contribution in [0.25, 0.3) is 10.9 Å². The van der Waals surface area contributed by atoms with E-state index in [1.54, 1.807) is 25.4 Å². The number of aromatic amines is 1. The summed E-state index contributed by atoms with van der Waals surface area (Å²) in [6.07, 6.45) is 4.25. The molecule has 0 saturated carbocycles. The van der Waals surface area contributed by atoms with Crippen LogP contribution in [0, 0.1) is 0 Å². The Balaban J connectivity index is 1.52. The van der Waals surface area contributed by atoms with E-state index in [0.29, 0.717) is 5.56 Å². The van der Waals surface area contributed by atoms with Gasteiger partial charge in [0.05, 0.1) is 5.56 Å². The number of carbonyl (C=O) groups is 1. The van der Waals surface area contributed by atoms with E-state index in [1.807, 2.05) is 18.2 Å². The van der Waals surface area contributed by atoms with Crippen molar-refractivity contribution in [2.24, 2.45) is 0 Å². The molecule has 1 unspecified atom stereocenters. The van der Waals surface area contributed by atoms with E-state index < -0.39 is 0 Å². The number of hydrogen-bond donors (Lipinski definition) is 3. The van der Waals surface area contributed by atoms with Crippen molar-refractivity contribution in [1.82, 2.24) is 15.3 Å². The molecule has 6 heteroatoms. The molecule has 3 aromatic rings. The van der Waals surface area contributed by atoms with Crippen LogP contribution in [0.1, 0.15) is 28.0 Å². The van der Waals surface area contributed by atoms with E-state index in [2.05, 4.69) is 20.6 Å². The van der Waals surface area contributed by atoms with Crippen molar-refractivity contribution in [1.29, 1.82) is 0 Å². The summed E-state index contributed by atoms with van der Waals surface area (Å²) in [5.41, 5.74) is 4.19. The van der Waals surface area contributed by atoms with Crippen molar-refractivity contribution in [3.8, 4) is 0 Å². The minimum Gasteiger partial charge on any atom is -0.373 e. The number of fused-ring (bicyclic) bond motifs is 3. The Morgan fingerprint density at radius 3 is 2.96 bits per heavy atom. The number of hydrogen-bond acceptors (Lipinski definition) is 3. The van der Waals surface area contributed by atoms with E-state index in [9.17, 15) is 4.79 Å². The first-order chi connectivity index (χ1) is 12.1. The van der Waals surface area contributed by atoms with Gasteiger partial charge in [-0.15, -0.1) is 0 Å². The summed E-state index contributed by atoms with van der Waals surface area (Å²) in [6.45, 7) is 0. The highest BCUT2D eigenvalue weighted by molar-refractivity contribution is 6.31. The lowest BCUT2D eigenvalue weighted by atomic mass is 9.91. The van der Waals surface area contributed by atoms with Crippen LogP contribution in [-0.2, 0) is 12.8 Å². The Labute approximate surface area is 150 Å². The molecular formula is C19H19ClN4O. The highest BCUT2D eigenvalue weighted by Crippen LogP contribution is 2.31. The first kappa shape index (κ1) is 16.0. The van der Waals surface area contributed by atoms with Crippen LogP contribution >= 0.6 is 11.6 Å². The fraction of sp³-hybridized carbons (Fsp3) is 0.263. The number of H-pyrrole nitrogens is 1. The maximum Gasteiger partial charge on any atom is 0.253 e. The van der Waals surface area contributed by atoms with Gasteiger partial charge in [0.2, 0.25) is 0 Å². The third-order valence-electron chi connectivity index (χ3n) is 4.77. The molecule has 1 aliphatic rings. The van der Waals surface area contributed by atoms with Gasteiger partial charge in [0.1, 0.15) is 5.82 Å². The van der Waals surface area contributed by atoms with Crippen LogP contribution in [0.2, 0.25) is 5.02 Å². The lowest BCUT2D eigenvalue weighted by Gasteiger charge is -2.23. The molecule has 3 N–H and O–H groups in total. The first-order valence-corrected chi connectivity index (χ1v) is 8.75. The van der Waals surface area contributed by atoms with E-state index in [0.717, 1.165) is 41.0 Å². The van der Waals surface area contributed by atoms with Crippen LogP contribution in [0.4, 0.5) is 5.82 Å². The van der Waals surface area contributed by atoms with Gasteiger partial charge in [-0.25, -0.2) is 4.98 Å². The summed E-state index contributed by atoms with van der Waals surface area (Å²) in [5.74, 6) is 0.663. The van der Waals surface area contributed by atoms with Gasteiger partial charge in [0.25, 0.3) is 5.91 Å². The second-order valence-electron chi connectivity index (χ2n) is 6.37. The van der Waals surface area contributed by atoms with E-state index in [-0.39, 0.29) is 11.9 Å². The zero-order valence-electron chi connectivity index (χ0n) is 13.9. The fourth-order valence-electron chi connectivity index (χ4n) is 3.46. The Morgan fingerprint density at radius 2 is 2.20 bits per heavy atom. The van der Waals surface area contributed by atoms with Crippen molar-refractivity contribution in [2.45, 2.75) is 25.3 Å². The zero-order valence-corrected chi connectivity index (χ0v) is 14.7. The topological polar surface area (TPSA) is 69.8 Å². The molecule has 1 amide bonds. The highest BCUT2D eigenvalue weighted by atomic mass is 35.5. The largest absolute Gasteiger partial charge is 0.373 e. The van der Waals surface area contributed by atoms with Gasteiger partial charge in [-0.2, -0.15) is 0 Å². The van der Waals surface area contributed by atoms with Crippen molar-refractivity contribution in [3.05, 3.63) is 58.4 Å². The predicted octanol–water partition coefficient (Wildman–Crippen LogP) is 3.55. The third-order valence-corrected chi connectivity index (χ3v) is 5.00. The molecule has 0 aliphatic heterocycles. The standard InChI is InChI=1S/C19H19ClN4O/c1-21-18-7-2-11(10-22-18)19(25)23-13-4-6-17-15(9-13)14-8-12(20)3-5-16(14)24-17/h2-3,5,7-8,10,13,24H,4,6,9H2,1H3,(H,21,22)(H,23,25). The second-order valence-corrected chi connectivity index (χ2v) is 6.80. The smallest absolute Gasteiger partial charge is 0.253 e. The Hall–Kier alpha value is -2.53. The van der Waals surface area contributed by atoms with Crippen molar-refractivity contribution in [2.75, 3.05) is 12.4 Å². The van der Waals surface area contributed by atoms with Crippen LogP contribution in [-0.4, -0.2) is 29.0 Å². The Bertz CT molecular complexity index is 932. The quantitative estimate of drug-likeness (QED) is 0.673. The van der Waals surface area contributed by atoms with Crippen LogP contribution in [0.3, 0.4) is 0 Å². The SMILES string of the molecule is CNc1ccc(C(=O)NC2CCc3[nH]c4ccc(Cl)cc4c3C2)cn1. The van der Waals surface area contributed by atoms with Gasteiger partial charge in [-0.3, -0.25) is 4.79 Å². The molecule has 2 aromatic heterocycles. The Morgan fingerprint density at radius 1 is 1.32 bits per heavy atom. The maximum atomic E-state index is 12.5. The predicted molar refractivity (Wildman–Crippen MR) is 100 cm³/mol. The first-order valence-electron chi connectivity index (χ1n) is 8.37. The number of aromatic nitrogens is 2. The second kappa shape index (κ2) is 6.41. The molecule has 1 aromatic carbocycles. The molecule has 4 rings (SSSR count). The summed E-state index contributed by atoms with van der Waals surface area (Å²) >= 11 is 6.15. The zero-order chi connectivity index (χ0) is 17.4. The molecule has 5 nitrogen and oxygen atoms in total. The number of aryl methyl sites for hydroxylation is 1. The summed E-state index contributed by atoms with van der Waals surface area (Å²) in [5, 5.41) is 7.97. The van der Waals surface area contributed by atoms with E-state index in [1.165, 1.54) is 11.3 Å². The van der Waals surface area contributed by atoms with Gasteiger partial charge in [0.15, 0.2) is 0 Å². The molecule has 0 bridgehead atoms. The van der Waals surface area contributed by atoms with Gasteiger partial charge in [-0.1, -0.05) is 11.6 Å². The molecule has 0 saturated heterocycles. The maximum absolute atomic E-state index is 12.5. The third kappa shape index (κ3) is 3.07. The summed E-state index contributed by atoms with van der Waals surface area (Å²) in [6, 6.07) is 9.60. The average molecular weight is 355 g/mol. The molecule has 25 heavy (non-hydrogen) atoms. The van der Waals surface area contributed by atoms with Crippen LogP contribution < -0.4 is 10.6 Å². The number of halogens is 1. The van der Waals surface area contributed by atoms with Gasteiger partial charge in [0, 0.05) is 40.9 Å². The number of carbonyl (C=O) groups excluding carboxylic acids is 1. The van der Waals surface area contributed by atoms with Crippen LogP contribution in [0.5, 0.6) is 0 Å². The molecule has 1 aliphatic carbocycles. The number of pyridine rings is 1. The molecule has 0 spiro atoms. The van der Waals surface area contributed by atoms with Gasteiger partial charge < -0.3 is 15.6 Å². The monoisotopic (exact) mass is 354 g/mol. The average Bonchev–Trinajstić information content (AvgIpc) is 2.99. The normalized spacial score (nSPS) is 16.5. The molecule has 2 heterocycles. The van der Waals surface area contributed by atoms with Crippen molar-refractivity contribution in [3.63, 3.8) is 0 Å². The number of nitrogens with zero attached hydrogens (tertiary/aromatic N) is 1. The van der Waals surface area contributed by atoms with E-state index >= 15 is 0 Å². The molecular weight excluding hydrogens is 336 g/mol. The molecule has 1 atom stereocenters. The van der Waals surface area contributed by atoms with Crippen molar-refractivity contribution >= 4 is 34.2 Å². The summed E-state index contributed by atoms with van der Waals surface area (Å²) in [7, 11) is 1.80. The summed E-state index contributed by atoms with van der Waals surface area (Å²) < 4.78 is 0. The van der Waals surface area contributed by atoms with E-state index in [4.69, 9.17) is 11.6 Å². The molecule has 128 valence electrons. The van der Waals surface area contributed by atoms with Crippen molar-refractivity contribution < 1.29 is 4.79 Å². The molecule has 0 fully saturated rings. The number of rotatable bonds is 3. The van der Waals surface area contributed by atoms with Gasteiger partial charge in [-0.05, 0) is 55.2 Å². The minimum atomic E-state index is -0.0820.